The summed E-state index contributed by atoms with van der Waals surface area (Å²) < 4.78 is 2.08. The number of imidazole rings is 1. The van der Waals surface area contributed by atoms with Crippen molar-refractivity contribution in [2.75, 3.05) is 18.4 Å². The highest BCUT2D eigenvalue weighted by molar-refractivity contribution is 5.97. The predicted octanol–water partition coefficient (Wildman–Crippen LogP) is 4.78. The van der Waals surface area contributed by atoms with Crippen molar-refractivity contribution < 1.29 is 4.79 Å². The van der Waals surface area contributed by atoms with Gasteiger partial charge in [-0.3, -0.25) is 4.79 Å². The number of anilines is 1. The summed E-state index contributed by atoms with van der Waals surface area (Å²) in [5.74, 6) is 1.70. The Morgan fingerprint density at radius 3 is 2.48 bits per heavy atom. The number of fused-ring (bicyclic) bond motifs is 1. The van der Waals surface area contributed by atoms with Gasteiger partial charge in [-0.1, -0.05) is 19.1 Å². The second-order valence-corrected chi connectivity index (χ2v) is 9.10. The first-order valence-corrected chi connectivity index (χ1v) is 11.3. The van der Waals surface area contributed by atoms with Gasteiger partial charge in [-0.05, 0) is 70.6 Å². The number of rotatable bonds is 5. The van der Waals surface area contributed by atoms with Gasteiger partial charge in [0, 0.05) is 30.2 Å². The summed E-state index contributed by atoms with van der Waals surface area (Å²) in [7, 11) is 2.02. The number of hydrogen-bond donors (Lipinski definition) is 1. The van der Waals surface area contributed by atoms with Gasteiger partial charge in [0.1, 0.15) is 11.6 Å². The summed E-state index contributed by atoms with van der Waals surface area (Å²) in [4.78, 5) is 24.7. The third kappa shape index (κ3) is 4.09. The molecule has 3 aromatic rings. The van der Waals surface area contributed by atoms with Crippen LogP contribution in [-0.2, 0) is 11.8 Å². The molecular formula is C25H33N5O. The van der Waals surface area contributed by atoms with E-state index in [1.807, 2.05) is 32.4 Å². The number of carbonyl (C=O) groups excluding carboxylic acids is 1. The van der Waals surface area contributed by atoms with E-state index in [0.29, 0.717) is 11.9 Å². The predicted molar refractivity (Wildman–Crippen MR) is 126 cm³/mol. The Hall–Kier alpha value is -2.73. The molecule has 0 bridgehead atoms. The Morgan fingerprint density at radius 2 is 1.87 bits per heavy atom. The fourth-order valence-electron chi connectivity index (χ4n) is 4.60. The number of aromatic nitrogens is 3. The molecule has 0 spiro atoms. The molecule has 0 atom stereocenters. The van der Waals surface area contributed by atoms with Gasteiger partial charge < -0.3 is 14.8 Å². The van der Waals surface area contributed by atoms with Crippen molar-refractivity contribution in [3.63, 3.8) is 0 Å². The minimum atomic E-state index is -0.309. The lowest BCUT2D eigenvalue weighted by Crippen LogP contribution is -2.48. The second-order valence-electron chi connectivity index (χ2n) is 9.10. The topological polar surface area (TPSA) is 63.1 Å². The molecule has 1 aromatic carbocycles. The van der Waals surface area contributed by atoms with E-state index in [-0.39, 0.29) is 11.3 Å². The molecular weight excluding hydrogens is 386 g/mol. The number of carbonyl (C=O) groups is 1. The molecule has 3 heterocycles. The van der Waals surface area contributed by atoms with Crippen molar-refractivity contribution in [2.45, 2.75) is 53.0 Å². The van der Waals surface area contributed by atoms with Crippen LogP contribution in [0, 0.1) is 12.3 Å². The number of piperidine rings is 1. The summed E-state index contributed by atoms with van der Waals surface area (Å²) in [5.41, 5.74) is 1.87. The average molecular weight is 420 g/mol. The molecule has 6 heteroatoms. The van der Waals surface area contributed by atoms with Crippen LogP contribution >= 0.6 is 0 Å². The highest BCUT2D eigenvalue weighted by atomic mass is 16.2. The Kier molecular flexibility index (Phi) is 5.84. The zero-order valence-corrected chi connectivity index (χ0v) is 19.3. The average Bonchev–Trinajstić information content (AvgIpc) is 3.11. The third-order valence-electron chi connectivity index (χ3n) is 7.12. The maximum Gasteiger partial charge on any atom is 0.231 e. The maximum absolute atomic E-state index is 13.3. The number of aryl methyl sites for hydroxylation is 1. The van der Waals surface area contributed by atoms with Gasteiger partial charge in [0.15, 0.2) is 0 Å². The fourth-order valence-corrected chi connectivity index (χ4v) is 4.60. The van der Waals surface area contributed by atoms with Gasteiger partial charge in [-0.15, -0.1) is 0 Å². The lowest BCUT2D eigenvalue weighted by molar-refractivity contribution is -0.129. The van der Waals surface area contributed by atoms with Crippen molar-refractivity contribution in [1.82, 2.24) is 19.4 Å². The highest BCUT2D eigenvalue weighted by Gasteiger charge is 2.40. The van der Waals surface area contributed by atoms with Crippen LogP contribution in [0.5, 0.6) is 0 Å². The lowest BCUT2D eigenvalue weighted by atomic mass is 9.75. The number of nitrogens with zero attached hydrogens (tertiary/aromatic N) is 4. The van der Waals surface area contributed by atoms with E-state index < -0.39 is 0 Å². The van der Waals surface area contributed by atoms with Crippen LogP contribution in [0.4, 0.5) is 5.82 Å². The molecule has 0 radical (unpaired) electrons. The minimum absolute atomic E-state index is 0.101. The quantitative estimate of drug-likeness (QED) is 0.646. The molecule has 2 aromatic heterocycles. The molecule has 164 valence electrons. The summed E-state index contributed by atoms with van der Waals surface area (Å²) >= 11 is 0. The Morgan fingerprint density at radius 1 is 1.13 bits per heavy atom. The van der Waals surface area contributed by atoms with Crippen molar-refractivity contribution in [3.05, 3.63) is 42.5 Å². The number of amides is 1. The summed E-state index contributed by atoms with van der Waals surface area (Å²) in [6.45, 7) is 10.5. The Balaban J connectivity index is 1.56. The van der Waals surface area contributed by atoms with Gasteiger partial charge in [0.2, 0.25) is 5.91 Å². The van der Waals surface area contributed by atoms with E-state index in [1.165, 1.54) is 0 Å². The van der Waals surface area contributed by atoms with Crippen LogP contribution in [-0.4, -0.2) is 44.5 Å². The lowest BCUT2D eigenvalue weighted by Gasteiger charge is -2.41. The van der Waals surface area contributed by atoms with Crippen LogP contribution in [0.3, 0.4) is 0 Å². The monoisotopic (exact) mass is 419 g/mol. The van der Waals surface area contributed by atoms with Crippen molar-refractivity contribution in [1.29, 1.82) is 0 Å². The van der Waals surface area contributed by atoms with Crippen LogP contribution in [0.15, 0.2) is 36.7 Å². The molecule has 31 heavy (non-hydrogen) atoms. The van der Waals surface area contributed by atoms with E-state index in [9.17, 15) is 4.79 Å². The summed E-state index contributed by atoms with van der Waals surface area (Å²) in [5, 5.41) is 5.24. The van der Waals surface area contributed by atoms with Crippen LogP contribution in [0.1, 0.15) is 45.9 Å². The van der Waals surface area contributed by atoms with Crippen LogP contribution in [0.2, 0.25) is 0 Å². The maximum atomic E-state index is 13.3. The van der Waals surface area contributed by atoms with Gasteiger partial charge in [-0.2, -0.15) is 0 Å². The molecule has 1 N–H and O–H groups in total. The smallest absolute Gasteiger partial charge is 0.231 e. The molecule has 1 saturated heterocycles. The Labute approximate surface area is 184 Å². The largest absolute Gasteiger partial charge is 0.331 e. The zero-order chi connectivity index (χ0) is 22.2. The first kappa shape index (κ1) is 21.5. The van der Waals surface area contributed by atoms with Crippen molar-refractivity contribution in [2.24, 2.45) is 12.5 Å². The molecule has 1 amide bonds. The van der Waals surface area contributed by atoms with E-state index >= 15 is 0 Å². The van der Waals surface area contributed by atoms with E-state index in [2.05, 4.69) is 63.7 Å². The molecule has 1 aliphatic heterocycles. The standard InChI is InChI=1S/C25H33N5O/c1-6-25(9-11-30(12-10-25)17(2)3)24(31)28-23-14-21-13-19(7-8-20(21)15-27-23)22-16-26-18(4)29(22)5/h7-8,13-17H,6,9-12H2,1-5H3,(H,27,28,31). The van der Waals surface area contributed by atoms with Crippen molar-refractivity contribution >= 4 is 22.5 Å². The third-order valence-corrected chi connectivity index (χ3v) is 7.12. The second kappa shape index (κ2) is 8.42. The van der Waals surface area contributed by atoms with Gasteiger partial charge in [0.25, 0.3) is 0 Å². The molecule has 4 rings (SSSR count). The molecule has 0 saturated carbocycles. The normalized spacial score (nSPS) is 16.7. The molecule has 1 fully saturated rings. The van der Waals surface area contributed by atoms with Gasteiger partial charge >= 0.3 is 0 Å². The number of benzene rings is 1. The van der Waals surface area contributed by atoms with Crippen LogP contribution in [0.25, 0.3) is 22.0 Å². The molecule has 1 aliphatic rings. The summed E-state index contributed by atoms with van der Waals surface area (Å²) in [6, 6.07) is 8.80. The first-order chi connectivity index (χ1) is 14.8. The highest BCUT2D eigenvalue weighted by Crippen LogP contribution is 2.37. The van der Waals surface area contributed by atoms with E-state index in [0.717, 1.165) is 60.2 Å². The van der Waals surface area contributed by atoms with Gasteiger partial charge in [0.05, 0.1) is 17.3 Å². The number of pyridine rings is 1. The molecule has 6 nitrogen and oxygen atoms in total. The number of nitrogens with one attached hydrogen (secondary N) is 1. The Bertz CT molecular complexity index is 1090. The first-order valence-electron chi connectivity index (χ1n) is 11.3. The zero-order valence-electron chi connectivity index (χ0n) is 19.3. The van der Waals surface area contributed by atoms with Crippen LogP contribution < -0.4 is 5.32 Å². The number of hydrogen-bond acceptors (Lipinski definition) is 4. The summed E-state index contributed by atoms with van der Waals surface area (Å²) in [6.07, 6.45) is 6.37. The van der Waals surface area contributed by atoms with Crippen molar-refractivity contribution in [3.8, 4) is 11.3 Å². The molecule has 0 unspecified atom stereocenters. The minimum Gasteiger partial charge on any atom is -0.331 e. The van der Waals surface area contributed by atoms with Gasteiger partial charge in [-0.25, -0.2) is 9.97 Å². The molecule has 0 aliphatic carbocycles. The van der Waals surface area contributed by atoms with E-state index in [4.69, 9.17) is 0 Å². The SMILES string of the molecule is CCC1(C(=O)Nc2cc3cc(-c4cnc(C)n4C)ccc3cn2)CCN(C(C)C)CC1. The number of likely N-dealkylation sites (tertiary alicyclic amines) is 1. The van der Waals surface area contributed by atoms with E-state index in [1.54, 1.807) is 0 Å². The fraction of sp³-hybridized carbons (Fsp3) is 0.480.